The molecule has 0 aliphatic carbocycles. The number of aryl methyl sites for hydroxylation is 1. The third-order valence-corrected chi connectivity index (χ3v) is 1.87. The third kappa shape index (κ3) is 2.09. The van der Waals surface area contributed by atoms with Crippen LogP contribution in [0.1, 0.15) is 19.0 Å². The van der Waals surface area contributed by atoms with Gasteiger partial charge >= 0.3 is 5.76 Å². The topological polar surface area (TPSA) is 84.7 Å². The number of aromatic amines is 1. The summed E-state index contributed by atoms with van der Waals surface area (Å²) < 4.78 is 4.39. The van der Waals surface area contributed by atoms with Crippen molar-refractivity contribution in [2.45, 2.75) is 19.8 Å². The molecule has 78 valence electrons. The summed E-state index contributed by atoms with van der Waals surface area (Å²) in [6, 6.07) is 0. The highest BCUT2D eigenvalue weighted by atomic mass is 16.5. The van der Waals surface area contributed by atoms with Crippen molar-refractivity contribution >= 4 is 0 Å². The fourth-order valence-corrected chi connectivity index (χ4v) is 1.24. The molecule has 0 bridgehead atoms. The van der Waals surface area contributed by atoms with E-state index in [1.54, 1.807) is 6.20 Å². The van der Waals surface area contributed by atoms with Gasteiger partial charge in [-0.15, -0.1) is 0 Å². The van der Waals surface area contributed by atoms with Gasteiger partial charge in [0.15, 0.2) is 0 Å². The van der Waals surface area contributed by atoms with Crippen LogP contribution in [0.5, 0.6) is 0 Å². The van der Waals surface area contributed by atoms with Crippen molar-refractivity contribution in [2.24, 2.45) is 0 Å². The molecule has 0 atom stereocenters. The van der Waals surface area contributed by atoms with E-state index in [4.69, 9.17) is 0 Å². The van der Waals surface area contributed by atoms with Crippen molar-refractivity contribution in [3.05, 3.63) is 28.6 Å². The highest BCUT2D eigenvalue weighted by Gasteiger charge is 2.06. The molecule has 2 aromatic rings. The molecule has 0 aromatic carbocycles. The predicted molar refractivity (Wildman–Crippen MR) is 52.1 cm³/mol. The second kappa shape index (κ2) is 4.04. The lowest BCUT2D eigenvalue weighted by molar-refractivity contribution is 0.387. The van der Waals surface area contributed by atoms with Gasteiger partial charge < -0.3 is 0 Å². The van der Waals surface area contributed by atoms with Crippen LogP contribution in [-0.4, -0.2) is 20.1 Å². The maximum absolute atomic E-state index is 10.7. The summed E-state index contributed by atoms with van der Waals surface area (Å²) in [5, 5.41) is 3.54. The molecule has 2 rings (SSSR count). The highest BCUT2D eigenvalue weighted by molar-refractivity contribution is 5.45. The normalized spacial score (nSPS) is 10.5. The van der Waals surface area contributed by atoms with E-state index in [0.29, 0.717) is 11.5 Å². The summed E-state index contributed by atoms with van der Waals surface area (Å²) in [5.41, 5.74) is 1.39. The first-order chi connectivity index (χ1) is 7.29. The quantitative estimate of drug-likeness (QED) is 0.801. The minimum absolute atomic E-state index is 0.311. The number of H-pyrrole nitrogens is 1. The Morgan fingerprint density at radius 2 is 2.33 bits per heavy atom. The zero-order valence-electron chi connectivity index (χ0n) is 8.23. The molecule has 0 aliphatic rings. The standard InChI is InChI=1S/C9H10N4O2/c1-2-3-6-4-10-5-7(11-6)8-12-9(14)15-13-8/h4-5H,2-3H2,1H3,(H,12,13,14). The van der Waals surface area contributed by atoms with Crippen LogP contribution in [0.4, 0.5) is 0 Å². The number of nitrogens with one attached hydrogen (secondary N) is 1. The van der Waals surface area contributed by atoms with Gasteiger partial charge in [-0.1, -0.05) is 18.5 Å². The number of aromatic nitrogens is 4. The van der Waals surface area contributed by atoms with E-state index in [0.717, 1.165) is 18.5 Å². The van der Waals surface area contributed by atoms with E-state index in [1.807, 2.05) is 0 Å². The van der Waals surface area contributed by atoms with E-state index in [2.05, 4.69) is 31.6 Å². The monoisotopic (exact) mass is 206 g/mol. The van der Waals surface area contributed by atoms with Crippen molar-refractivity contribution in [1.29, 1.82) is 0 Å². The van der Waals surface area contributed by atoms with Gasteiger partial charge in [-0.25, -0.2) is 9.78 Å². The molecule has 0 saturated heterocycles. The van der Waals surface area contributed by atoms with Gasteiger partial charge in [0.25, 0.3) is 0 Å². The summed E-state index contributed by atoms with van der Waals surface area (Å²) in [6.45, 7) is 2.06. The molecule has 0 radical (unpaired) electrons. The molecule has 2 heterocycles. The highest BCUT2D eigenvalue weighted by Crippen LogP contribution is 2.09. The average molecular weight is 206 g/mol. The van der Waals surface area contributed by atoms with Crippen LogP contribution in [0.25, 0.3) is 11.5 Å². The van der Waals surface area contributed by atoms with Crippen molar-refractivity contribution in [1.82, 2.24) is 20.1 Å². The minimum atomic E-state index is -0.590. The maximum Gasteiger partial charge on any atom is 0.439 e. The Kier molecular flexibility index (Phi) is 2.57. The van der Waals surface area contributed by atoms with Crippen molar-refractivity contribution in [3.8, 4) is 11.5 Å². The lowest BCUT2D eigenvalue weighted by Crippen LogP contribution is -1.98. The van der Waals surface area contributed by atoms with Crippen molar-refractivity contribution in [3.63, 3.8) is 0 Å². The molecule has 0 fully saturated rings. The SMILES string of the molecule is CCCc1cncc(-c2noc(=O)[nH]2)n1. The zero-order valence-corrected chi connectivity index (χ0v) is 8.23. The molecule has 2 aromatic heterocycles. The van der Waals surface area contributed by atoms with Crippen LogP contribution in [0, 0.1) is 0 Å². The zero-order chi connectivity index (χ0) is 10.7. The smallest absolute Gasteiger partial charge is 0.296 e. The molecule has 0 saturated carbocycles. The Labute approximate surface area is 85.4 Å². The van der Waals surface area contributed by atoms with Crippen LogP contribution in [-0.2, 0) is 6.42 Å². The first-order valence-corrected chi connectivity index (χ1v) is 4.67. The Morgan fingerprint density at radius 3 is 3.00 bits per heavy atom. The van der Waals surface area contributed by atoms with Gasteiger partial charge in [0.2, 0.25) is 5.82 Å². The van der Waals surface area contributed by atoms with Gasteiger partial charge in [0.05, 0.1) is 11.9 Å². The molecule has 1 N–H and O–H groups in total. The molecule has 0 unspecified atom stereocenters. The van der Waals surface area contributed by atoms with Gasteiger partial charge in [-0.3, -0.25) is 14.5 Å². The third-order valence-electron chi connectivity index (χ3n) is 1.87. The average Bonchev–Trinajstić information content (AvgIpc) is 2.66. The number of hydrogen-bond donors (Lipinski definition) is 1. The van der Waals surface area contributed by atoms with Crippen molar-refractivity contribution in [2.75, 3.05) is 0 Å². The summed E-state index contributed by atoms with van der Waals surface area (Å²) in [4.78, 5) is 21.5. The first-order valence-electron chi connectivity index (χ1n) is 4.67. The molecule has 15 heavy (non-hydrogen) atoms. The molecule has 0 amide bonds. The molecular weight excluding hydrogens is 196 g/mol. The molecule has 6 heteroatoms. The van der Waals surface area contributed by atoms with Gasteiger partial charge in [0.1, 0.15) is 5.69 Å². The van der Waals surface area contributed by atoms with E-state index >= 15 is 0 Å². The summed E-state index contributed by atoms with van der Waals surface area (Å²) in [5.74, 6) is -0.279. The Balaban J connectivity index is 2.36. The van der Waals surface area contributed by atoms with Gasteiger partial charge in [0, 0.05) is 6.20 Å². The van der Waals surface area contributed by atoms with Gasteiger partial charge in [-0.2, -0.15) is 0 Å². The van der Waals surface area contributed by atoms with E-state index in [1.165, 1.54) is 6.20 Å². The van der Waals surface area contributed by atoms with Crippen LogP contribution < -0.4 is 5.76 Å². The van der Waals surface area contributed by atoms with Gasteiger partial charge in [-0.05, 0) is 6.42 Å². The second-order valence-electron chi connectivity index (χ2n) is 3.09. The largest absolute Gasteiger partial charge is 0.439 e. The lowest BCUT2D eigenvalue weighted by Gasteiger charge is -1.98. The summed E-state index contributed by atoms with van der Waals surface area (Å²) >= 11 is 0. The number of hydrogen-bond acceptors (Lipinski definition) is 5. The molecular formula is C9H10N4O2. The summed E-state index contributed by atoms with van der Waals surface area (Å²) in [6.07, 6.45) is 5.08. The predicted octanol–water partition coefficient (Wildman–Crippen LogP) is 0.772. The van der Waals surface area contributed by atoms with Crippen LogP contribution in [0.15, 0.2) is 21.7 Å². The Bertz CT molecular complexity index is 503. The molecule has 6 nitrogen and oxygen atoms in total. The Morgan fingerprint density at radius 1 is 1.47 bits per heavy atom. The first kappa shape index (κ1) is 9.57. The Hall–Kier alpha value is -1.98. The van der Waals surface area contributed by atoms with E-state index in [9.17, 15) is 4.79 Å². The van der Waals surface area contributed by atoms with Crippen LogP contribution in [0.3, 0.4) is 0 Å². The van der Waals surface area contributed by atoms with E-state index in [-0.39, 0.29) is 0 Å². The number of rotatable bonds is 3. The molecule has 0 spiro atoms. The lowest BCUT2D eigenvalue weighted by atomic mass is 10.2. The van der Waals surface area contributed by atoms with E-state index < -0.39 is 5.76 Å². The van der Waals surface area contributed by atoms with Crippen molar-refractivity contribution < 1.29 is 4.52 Å². The fourth-order valence-electron chi connectivity index (χ4n) is 1.24. The fraction of sp³-hybridized carbons (Fsp3) is 0.333. The van der Waals surface area contributed by atoms with Crippen LogP contribution >= 0.6 is 0 Å². The maximum atomic E-state index is 10.7. The molecule has 0 aliphatic heterocycles. The second-order valence-corrected chi connectivity index (χ2v) is 3.09. The summed E-state index contributed by atoms with van der Waals surface area (Å²) in [7, 11) is 0. The van der Waals surface area contributed by atoms with Crippen LogP contribution in [0.2, 0.25) is 0 Å². The number of nitrogens with zero attached hydrogens (tertiary/aromatic N) is 3. The minimum Gasteiger partial charge on any atom is -0.296 e.